The molecule has 0 unspecified atom stereocenters. The monoisotopic (exact) mass is 446 g/mol. The molecule has 0 spiro atoms. The van der Waals surface area contributed by atoms with Gasteiger partial charge in [0.2, 0.25) is 0 Å². The maximum atomic E-state index is 12.6. The molecule has 1 aromatic heterocycles. The lowest BCUT2D eigenvalue weighted by Gasteiger charge is -2.23. The first-order valence-corrected chi connectivity index (χ1v) is 10.6. The third-order valence-electron chi connectivity index (χ3n) is 6.45. The number of likely N-dealkylation sites (N-methyl/N-ethyl adjacent to an activating group) is 1. The van der Waals surface area contributed by atoms with Crippen molar-refractivity contribution in [3.8, 4) is 11.1 Å². The second kappa shape index (κ2) is 7.77. The predicted octanol–water partition coefficient (Wildman–Crippen LogP) is 3.46. The summed E-state index contributed by atoms with van der Waals surface area (Å²) < 4.78 is 5.48. The molecule has 1 fully saturated rings. The van der Waals surface area contributed by atoms with Crippen molar-refractivity contribution in [1.29, 1.82) is 0 Å². The zero-order valence-corrected chi connectivity index (χ0v) is 17.9. The predicted molar refractivity (Wildman–Crippen MR) is 119 cm³/mol. The van der Waals surface area contributed by atoms with Gasteiger partial charge < -0.3 is 14.7 Å². The number of hydrogen-bond donors (Lipinski definition) is 3. The molecular formula is C24H22N4O5. The number of nitrogens with zero attached hydrogens (tertiary/aromatic N) is 2. The molecule has 2 aromatic carbocycles. The Kier molecular flexibility index (Phi) is 4.88. The van der Waals surface area contributed by atoms with Gasteiger partial charge in [-0.3, -0.25) is 15.2 Å². The molecule has 9 heteroatoms. The van der Waals surface area contributed by atoms with Crippen molar-refractivity contribution in [3.05, 3.63) is 71.4 Å². The van der Waals surface area contributed by atoms with Crippen molar-refractivity contribution in [3.63, 3.8) is 0 Å². The number of hydrogen-bond acceptors (Lipinski definition) is 5. The van der Waals surface area contributed by atoms with Crippen LogP contribution in [0, 0.1) is 0 Å². The summed E-state index contributed by atoms with van der Waals surface area (Å²) in [5.74, 6) is -1.50. The molecule has 168 valence electrons. The van der Waals surface area contributed by atoms with Gasteiger partial charge in [0, 0.05) is 19.0 Å². The largest absolute Gasteiger partial charge is 0.479 e. The van der Waals surface area contributed by atoms with Gasteiger partial charge in [0.05, 0.1) is 0 Å². The van der Waals surface area contributed by atoms with Crippen LogP contribution in [-0.2, 0) is 9.53 Å². The Hall–Kier alpha value is -4.14. The highest BCUT2D eigenvalue weighted by atomic mass is 16.5. The van der Waals surface area contributed by atoms with Crippen molar-refractivity contribution in [1.82, 2.24) is 15.1 Å². The van der Waals surface area contributed by atoms with Gasteiger partial charge in [-0.15, -0.1) is 0 Å². The third-order valence-corrected chi connectivity index (χ3v) is 6.45. The summed E-state index contributed by atoms with van der Waals surface area (Å²) in [5.41, 5.74) is 3.40. The van der Waals surface area contributed by atoms with E-state index < -0.39 is 23.5 Å². The highest BCUT2D eigenvalue weighted by molar-refractivity contribution is 5.98. The van der Waals surface area contributed by atoms with Gasteiger partial charge in [0.25, 0.3) is 5.91 Å². The summed E-state index contributed by atoms with van der Waals surface area (Å²) in [7, 11) is 1.45. The summed E-state index contributed by atoms with van der Waals surface area (Å²) in [6, 6.07) is 17.5. The second-order valence-electron chi connectivity index (χ2n) is 8.32. The third kappa shape index (κ3) is 3.51. The van der Waals surface area contributed by atoms with E-state index in [1.165, 1.54) is 18.0 Å². The number of H-pyrrole nitrogens is 1. The van der Waals surface area contributed by atoms with E-state index in [0.29, 0.717) is 12.8 Å². The van der Waals surface area contributed by atoms with Crippen molar-refractivity contribution < 1.29 is 24.2 Å². The number of aromatic nitrogens is 2. The summed E-state index contributed by atoms with van der Waals surface area (Å²) in [5, 5.41) is 18.4. The van der Waals surface area contributed by atoms with Crippen LogP contribution in [0.3, 0.4) is 0 Å². The number of aliphatic carboxylic acids is 1. The van der Waals surface area contributed by atoms with Crippen LogP contribution in [-0.4, -0.2) is 57.4 Å². The zero-order chi connectivity index (χ0) is 23.2. The summed E-state index contributed by atoms with van der Waals surface area (Å²) in [4.78, 5) is 37.7. The lowest BCUT2D eigenvalue weighted by Crippen LogP contribution is -2.44. The second-order valence-corrected chi connectivity index (χ2v) is 8.32. The number of carbonyl (C=O) groups excluding carboxylic acids is 2. The van der Waals surface area contributed by atoms with Crippen LogP contribution in [0.25, 0.3) is 11.1 Å². The fourth-order valence-corrected chi connectivity index (χ4v) is 4.42. The van der Waals surface area contributed by atoms with Crippen LogP contribution >= 0.6 is 0 Å². The van der Waals surface area contributed by atoms with Gasteiger partial charge in [-0.1, -0.05) is 48.5 Å². The molecule has 5 rings (SSSR count). The number of carboxylic acids is 1. The van der Waals surface area contributed by atoms with E-state index in [-0.39, 0.29) is 24.0 Å². The SMILES string of the molecule is CN(C(=O)c1cc(NC(=O)OCC2c3ccccc3-c3ccccc32)n[nH]1)C1(C(=O)O)CC1. The minimum Gasteiger partial charge on any atom is -0.479 e. The van der Waals surface area contributed by atoms with Crippen LogP contribution in [0.2, 0.25) is 0 Å². The van der Waals surface area contributed by atoms with Crippen LogP contribution in [0.1, 0.15) is 40.4 Å². The van der Waals surface area contributed by atoms with Crippen molar-refractivity contribution in [2.75, 3.05) is 19.0 Å². The number of rotatable bonds is 6. The standard InChI is InChI=1S/C24H22N4O5/c1-28(24(10-11-24)22(30)31)21(29)19-12-20(27-26-19)25-23(32)33-13-18-16-8-4-2-6-14(16)15-7-3-5-9-17(15)18/h2-9,12,18H,10-11,13H2,1H3,(H,30,31)(H2,25,26,27,32). The van der Waals surface area contributed by atoms with Crippen LogP contribution in [0.5, 0.6) is 0 Å². The number of carboxylic acid groups (broad SMARTS) is 1. The molecule has 1 heterocycles. The number of aromatic amines is 1. The average Bonchev–Trinajstić information content (AvgIpc) is 3.41. The highest BCUT2D eigenvalue weighted by Crippen LogP contribution is 2.44. The molecular weight excluding hydrogens is 424 g/mol. The number of benzene rings is 2. The van der Waals surface area contributed by atoms with E-state index >= 15 is 0 Å². The number of ether oxygens (including phenoxy) is 1. The Labute approximate surface area is 189 Å². The Balaban J connectivity index is 1.23. The van der Waals surface area contributed by atoms with Gasteiger partial charge in [0.1, 0.15) is 17.8 Å². The molecule has 3 N–H and O–H groups in total. The lowest BCUT2D eigenvalue weighted by molar-refractivity contribution is -0.143. The fourth-order valence-electron chi connectivity index (χ4n) is 4.42. The summed E-state index contributed by atoms with van der Waals surface area (Å²) in [6.07, 6.45) is 0.118. The molecule has 0 aliphatic heterocycles. The molecule has 2 aliphatic carbocycles. The number of carbonyl (C=O) groups is 3. The summed E-state index contributed by atoms with van der Waals surface area (Å²) in [6.45, 7) is 0.153. The first-order chi connectivity index (χ1) is 15.9. The first-order valence-electron chi connectivity index (χ1n) is 10.6. The van der Waals surface area contributed by atoms with E-state index in [1.54, 1.807) is 0 Å². The molecule has 1 saturated carbocycles. The number of anilines is 1. The van der Waals surface area contributed by atoms with E-state index in [1.807, 2.05) is 36.4 Å². The summed E-state index contributed by atoms with van der Waals surface area (Å²) >= 11 is 0. The van der Waals surface area contributed by atoms with Gasteiger partial charge in [-0.2, -0.15) is 5.10 Å². The zero-order valence-electron chi connectivity index (χ0n) is 17.9. The maximum Gasteiger partial charge on any atom is 0.412 e. The minimum atomic E-state index is -1.16. The minimum absolute atomic E-state index is 0.0705. The molecule has 2 amide bonds. The topological polar surface area (TPSA) is 125 Å². The molecule has 33 heavy (non-hydrogen) atoms. The van der Waals surface area contributed by atoms with Gasteiger partial charge >= 0.3 is 12.1 Å². The number of nitrogens with one attached hydrogen (secondary N) is 2. The highest BCUT2D eigenvalue weighted by Gasteiger charge is 2.55. The van der Waals surface area contributed by atoms with Crippen LogP contribution < -0.4 is 5.32 Å². The Morgan fingerprint density at radius 3 is 2.30 bits per heavy atom. The molecule has 0 bridgehead atoms. The number of amides is 2. The smallest absolute Gasteiger partial charge is 0.412 e. The molecule has 2 aliphatic rings. The quantitative estimate of drug-likeness (QED) is 0.533. The number of fused-ring (bicyclic) bond motifs is 3. The van der Waals surface area contributed by atoms with Crippen molar-refractivity contribution in [2.24, 2.45) is 0 Å². The van der Waals surface area contributed by atoms with Gasteiger partial charge in [-0.05, 0) is 35.1 Å². The molecule has 0 radical (unpaired) electrons. The van der Waals surface area contributed by atoms with Crippen LogP contribution in [0.4, 0.5) is 10.6 Å². The van der Waals surface area contributed by atoms with E-state index in [4.69, 9.17) is 4.74 Å². The average molecular weight is 446 g/mol. The van der Waals surface area contributed by atoms with Gasteiger partial charge in [-0.25, -0.2) is 9.59 Å². The van der Waals surface area contributed by atoms with Crippen molar-refractivity contribution in [2.45, 2.75) is 24.3 Å². The Morgan fingerprint density at radius 2 is 1.73 bits per heavy atom. The Morgan fingerprint density at radius 1 is 1.12 bits per heavy atom. The lowest BCUT2D eigenvalue weighted by atomic mass is 9.98. The normalized spacial score (nSPS) is 15.3. The van der Waals surface area contributed by atoms with E-state index in [9.17, 15) is 19.5 Å². The molecule has 0 atom stereocenters. The van der Waals surface area contributed by atoms with Crippen molar-refractivity contribution >= 4 is 23.8 Å². The molecule has 3 aromatic rings. The van der Waals surface area contributed by atoms with E-state index in [2.05, 4.69) is 27.6 Å². The van der Waals surface area contributed by atoms with Gasteiger partial charge in [0.15, 0.2) is 5.82 Å². The molecule has 0 saturated heterocycles. The fraction of sp³-hybridized carbons (Fsp3) is 0.250. The molecule has 9 nitrogen and oxygen atoms in total. The van der Waals surface area contributed by atoms with E-state index in [0.717, 1.165) is 22.3 Å². The Bertz CT molecular complexity index is 1220. The van der Waals surface area contributed by atoms with Crippen LogP contribution in [0.15, 0.2) is 54.6 Å². The first kappa shape index (κ1) is 20.7. The maximum absolute atomic E-state index is 12.6.